The van der Waals surface area contributed by atoms with E-state index in [-0.39, 0.29) is 6.09 Å². The molecule has 1 aromatic carbocycles. The van der Waals surface area contributed by atoms with E-state index in [1.165, 1.54) is 31.2 Å². The number of carbonyl (C=O) groups excluding carboxylic acids is 1. The van der Waals surface area contributed by atoms with Gasteiger partial charge in [-0.2, -0.15) is 0 Å². The largest absolute Gasteiger partial charge is 0.444 e. The molecule has 2 N–H and O–H groups in total. The van der Waals surface area contributed by atoms with E-state index in [1.807, 2.05) is 32.9 Å². The van der Waals surface area contributed by atoms with Gasteiger partial charge in [0.1, 0.15) is 5.60 Å². The Morgan fingerprint density at radius 1 is 1.00 bits per heavy atom. The number of ether oxygens (including phenoxy) is 1. The second kappa shape index (κ2) is 10.3. The smallest absolute Gasteiger partial charge is 0.407 e. The Balaban J connectivity index is 2.24. The summed E-state index contributed by atoms with van der Waals surface area (Å²) in [5.41, 5.74) is 1.88. The number of nitrogens with one attached hydrogen (secondary N) is 2. The highest BCUT2D eigenvalue weighted by molar-refractivity contribution is 5.67. The third-order valence-corrected chi connectivity index (χ3v) is 3.39. The number of hydrogen-bond donors (Lipinski definition) is 2. The van der Waals surface area contributed by atoms with E-state index < -0.39 is 5.60 Å². The molecular weight excluding hydrogens is 288 g/mol. The van der Waals surface area contributed by atoms with Crippen LogP contribution in [0.15, 0.2) is 24.3 Å². The first-order chi connectivity index (χ1) is 10.9. The van der Waals surface area contributed by atoms with Crippen LogP contribution in [-0.4, -0.2) is 18.2 Å². The van der Waals surface area contributed by atoms with Gasteiger partial charge in [-0.05, 0) is 44.9 Å². The van der Waals surface area contributed by atoms with Crippen LogP contribution >= 0.6 is 0 Å². The van der Waals surface area contributed by atoms with Crippen molar-refractivity contribution in [3.8, 4) is 0 Å². The minimum absolute atomic E-state index is 0.379. The molecule has 0 spiro atoms. The summed E-state index contributed by atoms with van der Waals surface area (Å²) in [4.78, 5) is 11.6. The maximum absolute atomic E-state index is 11.6. The van der Waals surface area contributed by atoms with Crippen molar-refractivity contribution in [2.75, 3.05) is 6.54 Å². The van der Waals surface area contributed by atoms with Crippen LogP contribution in [0.3, 0.4) is 0 Å². The molecule has 0 unspecified atom stereocenters. The molecule has 0 saturated carbocycles. The van der Waals surface area contributed by atoms with E-state index in [4.69, 9.17) is 4.74 Å². The van der Waals surface area contributed by atoms with Gasteiger partial charge in [0.2, 0.25) is 0 Å². The summed E-state index contributed by atoms with van der Waals surface area (Å²) in [7, 11) is 0. The van der Waals surface area contributed by atoms with Crippen LogP contribution in [0.4, 0.5) is 4.79 Å². The van der Waals surface area contributed by atoms with Crippen molar-refractivity contribution >= 4 is 6.09 Å². The fourth-order valence-corrected chi connectivity index (χ4v) is 2.17. The molecule has 0 bridgehead atoms. The van der Waals surface area contributed by atoms with Crippen molar-refractivity contribution in [1.82, 2.24) is 10.6 Å². The zero-order valence-corrected chi connectivity index (χ0v) is 15.1. The molecule has 0 fully saturated rings. The molecule has 0 aliphatic rings. The van der Waals surface area contributed by atoms with E-state index in [1.54, 1.807) is 0 Å². The van der Waals surface area contributed by atoms with Gasteiger partial charge in [-0.15, -0.1) is 0 Å². The standard InChI is InChI=1S/C19H32N2O2/c1-5-6-7-8-13-20-14-16-9-11-17(12-10-16)15-21-18(22)23-19(2,3)4/h9-12,20H,5-8,13-15H2,1-4H3,(H,21,22). The number of alkyl carbamates (subject to hydrolysis) is 1. The number of amides is 1. The summed E-state index contributed by atoms with van der Waals surface area (Å²) in [6.07, 6.45) is 4.76. The van der Waals surface area contributed by atoms with E-state index in [9.17, 15) is 4.79 Å². The Morgan fingerprint density at radius 3 is 2.17 bits per heavy atom. The average Bonchev–Trinajstić information content (AvgIpc) is 2.48. The Morgan fingerprint density at radius 2 is 1.61 bits per heavy atom. The number of carbonyl (C=O) groups is 1. The summed E-state index contributed by atoms with van der Waals surface area (Å²) in [5.74, 6) is 0. The fraction of sp³-hybridized carbons (Fsp3) is 0.632. The van der Waals surface area contributed by atoms with Crippen LogP contribution in [-0.2, 0) is 17.8 Å². The van der Waals surface area contributed by atoms with E-state index in [2.05, 4.69) is 29.7 Å². The molecule has 130 valence electrons. The molecule has 1 rings (SSSR count). The average molecular weight is 320 g/mol. The van der Waals surface area contributed by atoms with Gasteiger partial charge < -0.3 is 15.4 Å². The Labute approximate surface area is 141 Å². The zero-order valence-electron chi connectivity index (χ0n) is 15.1. The molecule has 0 aromatic heterocycles. The van der Waals surface area contributed by atoms with Gasteiger partial charge in [-0.25, -0.2) is 4.79 Å². The quantitative estimate of drug-likeness (QED) is 0.664. The highest BCUT2D eigenvalue weighted by atomic mass is 16.6. The molecule has 1 amide bonds. The van der Waals surface area contributed by atoms with Crippen LogP contribution < -0.4 is 10.6 Å². The second-order valence-electron chi connectivity index (χ2n) is 6.91. The number of hydrogen-bond acceptors (Lipinski definition) is 3. The van der Waals surface area contributed by atoms with Gasteiger partial charge in [-0.3, -0.25) is 0 Å². The third-order valence-electron chi connectivity index (χ3n) is 3.39. The Kier molecular flexibility index (Phi) is 8.70. The monoisotopic (exact) mass is 320 g/mol. The molecule has 0 radical (unpaired) electrons. The molecule has 0 atom stereocenters. The molecule has 4 heteroatoms. The van der Waals surface area contributed by atoms with Gasteiger partial charge in [0.15, 0.2) is 0 Å². The lowest BCUT2D eigenvalue weighted by Gasteiger charge is -2.19. The minimum Gasteiger partial charge on any atom is -0.444 e. The van der Waals surface area contributed by atoms with Crippen LogP contribution in [0.25, 0.3) is 0 Å². The van der Waals surface area contributed by atoms with Crippen LogP contribution in [0.2, 0.25) is 0 Å². The van der Waals surface area contributed by atoms with Crippen molar-refractivity contribution in [3.05, 3.63) is 35.4 Å². The summed E-state index contributed by atoms with van der Waals surface area (Å²) in [6, 6.07) is 8.30. The fourth-order valence-electron chi connectivity index (χ4n) is 2.17. The van der Waals surface area contributed by atoms with Crippen molar-refractivity contribution in [2.45, 2.75) is 72.1 Å². The van der Waals surface area contributed by atoms with E-state index in [0.29, 0.717) is 6.54 Å². The maximum Gasteiger partial charge on any atom is 0.407 e. The van der Waals surface area contributed by atoms with Gasteiger partial charge in [-0.1, -0.05) is 50.5 Å². The third kappa shape index (κ3) is 9.95. The summed E-state index contributed by atoms with van der Waals surface area (Å²) >= 11 is 0. The maximum atomic E-state index is 11.6. The molecule has 0 saturated heterocycles. The summed E-state index contributed by atoms with van der Waals surface area (Å²) in [6.45, 7) is 10.3. The van der Waals surface area contributed by atoms with Crippen molar-refractivity contribution in [2.24, 2.45) is 0 Å². The lowest BCUT2D eigenvalue weighted by molar-refractivity contribution is 0.0523. The lowest BCUT2D eigenvalue weighted by Crippen LogP contribution is -2.32. The molecule has 4 nitrogen and oxygen atoms in total. The van der Waals surface area contributed by atoms with Crippen LogP contribution in [0.1, 0.15) is 64.5 Å². The molecule has 23 heavy (non-hydrogen) atoms. The van der Waals surface area contributed by atoms with E-state index >= 15 is 0 Å². The Hall–Kier alpha value is -1.55. The molecule has 0 heterocycles. The number of benzene rings is 1. The highest BCUT2D eigenvalue weighted by Crippen LogP contribution is 2.08. The first-order valence-electron chi connectivity index (χ1n) is 8.66. The van der Waals surface area contributed by atoms with Crippen LogP contribution in [0.5, 0.6) is 0 Å². The molecule has 1 aromatic rings. The molecule has 0 aliphatic carbocycles. The Bertz CT molecular complexity index is 449. The SMILES string of the molecule is CCCCCCNCc1ccc(CNC(=O)OC(C)(C)C)cc1. The lowest BCUT2D eigenvalue weighted by atomic mass is 10.1. The first-order valence-corrected chi connectivity index (χ1v) is 8.66. The van der Waals surface area contributed by atoms with Crippen molar-refractivity contribution in [3.63, 3.8) is 0 Å². The molecule has 0 aliphatic heterocycles. The van der Waals surface area contributed by atoms with Crippen LogP contribution in [0, 0.1) is 0 Å². The molecular formula is C19H32N2O2. The second-order valence-corrected chi connectivity index (χ2v) is 6.91. The van der Waals surface area contributed by atoms with Gasteiger partial charge in [0.05, 0.1) is 0 Å². The van der Waals surface area contributed by atoms with Gasteiger partial charge in [0, 0.05) is 13.1 Å². The predicted molar refractivity (Wildman–Crippen MR) is 95.4 cm³/mol. The summed E-state index contributed by atoms with van der Waals surface area (Å²) in [5, 5.41) is 6.24. The van der Waals surface area contributed by atoms with E-state index in [0.717, 1.165) is 18.7 Å². The first kappa shape index (κ1) is 19.5. The topological polar surface area (TPSA) is 50.4 Å². The normalized spacial score (nSPS) is 11.3. The number of unbranched alkanes of at least 4 members (excludes halogenated alkanes) is 3. The highest BCUT2D eigenvalue weighted by Gasteiger charge is 2.15. The summed E-state index contributed by atoms with van der Waals surface area (Å²) < 4.78 is 5.22. The van der Waals surface area contributed by atoms with Crippen molar-refractivity contribution < 1.29 is 9.53 Å². The van der Waals surface area contributed by atoms with Gasteiger partial charge in [0.25, 0.3) is 0 Å². The predicted octanol–water partition coefficient (Wildman–Crippen LogP) is 4.38. The van der Waals surface area contributed by atoms with Gasteiger partial charge >= 0.3 is 6.09 Å². The van der Waals surface area contributed by atoms with Crippen molar-refractivity contribution in [1.29, 1.82) is 0 Å². The minimum atomic E-state index is -0.462. The number of rotatable bonds is 9. The zero-order chi connectivity index (χ0) is 17.1.